The van der Waals surface area contributed by atoms with Gasteiger partial charge < -0.3 is 19.5 Å². The van der Waals surface area contributed by atoms with Crippen LogP contribution >= 0.6 is 0 Å². The van der Waals surface area contributed by atoms with Crippen molar-refractivity contribution in [2.24, 2.45) is 0 Å². The number of nitrogens with one attached hydrogen (secondary N) is 1. The Kier molecular flexibility index (Phi) is 5.14. The molecule has 0 saturated carbocycles. The third-order valence-corrected chi connectivity index (χ3v) is 5.13. The van der Waals surface area contributed by atoms with Crippen molar-refractivity contribution in [2.75, 3.05) is 25.5 Å². The van der Waals surface area contributed by atoms with Crippen LogP contribution in [0.25, 0.3) is 11.2 Å². The first kappa shape index (κ1) is 18.3. The molecule has 0 bridgehead atoms. The molecule has 146 valence electrons. The molecule has 28 heavy (non-hydrogen) atoms. The highest BCUT2D eigenvalue weighted by Gasteiger charge is 2.30. The van der Waals surface area contributed by atoms with E-state index in [1.807, 2.05) is 41.3 Å². The lowest BCUT2D eigenvalue weighted by molar-refractivity contribution is 0.221. The van der Waals surface area contributed by atoms with Crippen LogP contribution in [0, 0.1) is 0 Å². The van der Waals surface area contributed by atoms with Crippen LogP contribution in [0.3, 0.4) is 0 Å². The quantitative estimate of drug-likeness (QED) is 0.730. The Bertz CT molecular complexity index is 984. The van der Waals surface area contributed by atoms with E-state index in [0.717, 1.165) is 47.7 Å². The van der Waals surface area contributed by atoms with Gasteiger partial charge in [0, 0.05) is 37.5 Å². The van der Waals surface area contributed by atoms with E-state index in [9.17, 15) is 4.79 Å². The van der Waals surface area contributed by atoms with E-state index in [1.165, 1.54) is 0 Å². The third-order valence-electron chi connectivity index (χ3n) is 5.13. The summed E-state index contributed by atoms with van der Waals surface area (Å²) < 4.78 is 7.46. The number of aryl methyl sites for hydroxylation is 1. The first-order chi connectivity index (χ1) is 13.7. The summed E-state index contributed by atoms with van der Waals surface area (Å²) in [4.78, 5) is 23.9. The fraction of sp³-hybridized carbons (Fsp3) is 0.381. The van der Waals surface area contributed by atoms with E-state index >= 15 is 0 Å². The molecule has 1 aliphatic rings. The second-order valence-electron chi connectivity index (χ2n) is 7.04. The minimum absolute atomic E-state index is 0.0924. The van der Waals surface area contributed by atoms with Gasteiger partial charge >= 0.3 is 6.03 Å². The Morgan fingerprint density at radius 2 is 2.21 bits per heavy atom. The van der Waals surface area contributed by atoms with Crippen molar-refractivity contribution in [3.8, 4) is 5.75 Å². The number of rotatable bonds is 5. The molecule has 3 aromatic rings. The van der Waals surface area contributed by atoms with Crippen molar-refractivity contribution in [3.63, 3.8) is 0 Å². The predicted octanol–water partition coefficient (Wildman–Crippen LogP) is 3.87. The Morgan fingerprint density at radius 1 is 1.32 bits per heavy atom. The molecule has 0 radical (unpaired) electrons. The topological polar surface area (TPSA) is 72.3 Å². The van der Waals surface area contributed by atoms with E-state index < -0.39 is 0 Å². The van der Waals surface area contributed by atoms with Crippen LogP contribution in [-0.2, 0) is 6.42 Å². The third kappa shape index (κ3) is 3.52. The van der Waals surface area contributed by atoms with E-state index in [-0.39, 0.29) is 12.1 Å². The summed E-state index contributed by atoms with van der Waals surface area (Å²) in [6, 6.07) is 11.4. The lowest BCUT2D eigenvalue weighted by Gasteiger charge is -2.19. The Balaban J connectivity index is 1.51. The van der Waals surface area contributed by atoms with Crippen LogP contribution in [0.15, 0.2) is 42.6 Å². The Labute approximate surface area is 164 Å². The molecule has 1 N–H and O–H groups in total. The highest BCUT2D eigenvalue weighted by Crippen LogP contribution is 2.28. The Hall–Kier alpha value is -3.09. The number of hydrogen-bond acceptors (Lipinski definition) is 4. The number of hydrogen-bond donors (Lipinski definition) is 1. The fourth-order valence-corrected chi connectivity index (χ4v) is 3.80. The van der Waals surface area contributed by atoms with Crippen LogP contribution in [0.2, 0.25) is 0 Å². The van der Waals surface area contributed by atoms with Crippen LogP contribution in [0.1, 0.15) is 31.6 Å². The van der Waals surface area contributed by atoms with Gasteiger partial charge in [0.1, 0.15) is 17.1 Å². The van der Waals surface area contributed by atoms with Gasteiger partial charge in [0.2, 0.25) is 0 Å². The van der Waals surface area contributed by atoms with Gasteiger partial charge in [0.25, 0.3) is 0 Å². The van der Waals surface area contributed by atoms with Crippen molar-refractivity contribution in [2.45, 2.75) is 32.2 Å². The number of amides is 2. The number of fused-ring (bicyclic) bond motifs is 1. The van der Waals surface area contributed by atoms with Gasteiger partial charge in [-0.05, 0) is 37.1 Å². The number of nitrogens with zero attached hydrogens (tertiary/aromatic N) is 4. The molecule has 2 aromatic heterocycles. The van der Waals surface area contributed by atoms with Crippen LogP contribution < -0.4 is 10.1 Å². The smallest absolute Gasteiger partial charge is 0.321 e. The highest BCUT2D eigenvalue weighted by molar-refractivity contribution is 5.89. The standard InChI is InChI=1S/C21H25N5O2/c1-3-6-19-24-18-9-5-11-22-20(18)26(19)16-10-12-25(14-16)21(27)23-15-7-4-8-17(13-15)28-2/h4-5,7-9,11,13,16H,3,6,10,12,14H2,1-2H3,(H,23,27). The second-order valence-corrected chi connectivity index (χ2v) is 7.04. The summed E-state index contributed by atoms with van der Waals surface area (Å²) in [6.45, 7) is 3.51. The number of anilines is 1. The number of imidazole rings is 1. The number of urea groups is 1. The van der Waals surface area contributed by atoms with Crippen LogP contribution in [0.4, 0.5) is 10.5 Å². The zero-order chi connectivity index (χ0) is 19.5. The van der Waals surface area contributed by atoms with E-state index in [0.29, 0.717) is 13.1 Å². The Morgan fingerprint density at radius 3 is 3.04 bits per heavy atom. The number of carbonyl (C=O) groups is 1. The molecule has 0 aliphatic carbocycles. The molecule has 4 rings (SSSR count). The van der Waals surface area contributed by atoms with E-state index in [4.69, 9.17) is 9.72 Å². The van der Waals surface area contributed by atoms with Gasteiger partial charge in [-0.1, -0.05) is 13.0 Å². The van der Waals surface area contributed by atoms with Gasteiger partial charge in [-0.2, -0.15) is 0 Å². The number of methoxy groups -OCH3 is 1. The molecule has 1 fully saturated rings. The van der Waals surface area contributed by atoms with Crippen molar-refractivity contribution < 1.29 is 9.53 Å². The van der Waals surface area contributed by atoms with Gasteiger partial charge in [-0.15, -0.1) is 0 Å². The summed E-state index contributed by atoms with van der Waals surface area (Å²) in [5.74, 6) is 1.77. The monoisotopic (exact) mass is 379 g/mol. The molecule has 1 atom stereocenters. The normalized spacial score (nSPS) is 16.5. The first-order valence-electron chi connectivity index (χ1n) is 9.71. The molecule has 1 aromatic carbocycles. The van der Waals surface area contributed by atoms with E-state index in [2.05, 4.69) is 21.8 Å². The molecule has 7 nitrogen and oxygen atoms in total. The molecule has 0 spiro atoms. The van der Waals surface area contributed by atoms with Crippen molar-refractivity contribution >= 4 is 22.9 Å². The number of benzene rings is 1. The lowest BCUT2D eigenvalue weighted by Crippen LogP contribution is -2.33. The van der Waals surface area contributed by atoms with Gasteiger partial charge in [-0.25, -0.2) is 14.8 Å². The summed E-state index contributed by atoms with van der Waals surface area (Å²) in [5.41, 5.74) is 2.56. The second kappa shape index (κ2) is 7.88. The minimum Gasteiger partial charge on any atom is -0.497 e. The maximum atomic E-state index is 12.7. The average Bonchev–Trinajstić information content (AvgIpc) is 3.32. The molecule has 2 amide bonds. The fourth-order valence-electron chi connectivity index (χ4n) is 3.80. The predicted molar refractivity (Wildman–Crippen MR) is 109 cm³/mol. The number of carbonyl (C=O) groups excluding carboxylic acids is 1. The van der Waals surface area contributed by atoms with E-state index in [1.54, 1.807) is 13.3 Å². The molecule has 7 heteroatoms. The SMILES string of the molecule is CCCc1nc2cccnc2n1C1CCN(C(=O)Nc2cccc(OC)c2)C1. The number of likely N-dealkylation sites (tertiary alicyclic amines) is 1. The van der Waals surface area contributed by atoms with Crippen LogP contribution in [0.5, 0.6) is 5.75 Å². The zero-order valence-electron chi connectivity index (χ0n) is 16.3. The zero-order valence-corrected chi connectivity index (χ0v) is 16.3. The summed E-state index contributed by atoms with van der Waals surface area (Å²) in [7, 11) is 1.61. The van der Waals surface area contributed by atoms with Gasteiger partial charge in [-0.3, -0.25) is 0 Å². The van der Waals surface area contributed by atoms with Crippen molar-refractivity contribution in [1.29, 1.82) is 0 Å². The van der Waals surface area contributed by atoms with Gasteiger partial charge in [0.05, 0.1) is 13.2 Å². The van der Waals surface area contributed by atoms with Crippen molar-refractivity contribution in [3.05, 3.63) is 48.4 Å². The van der Waals surface area contributed by atoms with Gasteiger partial charge in [0.15, 0.2) is 5.65 Å². The average molecular weight is 379 g/mol. The maximum Gasteiger partial charge on any atom is 0.321 e. The molecule has 1 aliphatic heterocycles. The molecular formula is C21H25N5O2. The number of aromatic nitrogens is 3. The lowest BCUT2D eigenvalue weighted by atomic mass is 10.2. The summed E-state index contributed by atoms with van der Waals surface area (Å²) in [6.07, 6.45) is 4.63. The van der Waals surface area contributed by atoms with Crippen molar-refractivity contribution in [1.82, 2.24) is 19.4 Å². The largest absolute Gasteiger partial charge is 0.497 e. The molecule has 1 saturated heterocycles. The first-order valence-corrected chi connectivity index (χ1v) is 9.71. The number of pyridine rings is 1. The summed E-state index contributed by atoms with van der Waals surface area (Å²) in [5, 5.41) is 2.97. The van der Waals surface area contributed by atoms with Crippen LogP contribution in [-0.4, -0.2) is 45.7 Å². The highest BCUT2D eigenvalue weighted by atomic mass is 16.5. The molecule has 1 unspecified atom stereocenters. The maximum absolute atomic E-state index is 12.7. The summed E-state index contributed by atoms with van der Waals surface area (Å²) >= 11 is 0. The minimum atomic E-state index is -0.0924. The molecule has 3 heterocycles. The number of ether oxygens (including phenoxy) is 1. The molecular weight excluding hydrogens is 354 g/mol.